The SMILES string of the molecule is O=c1[nH]c(Nc2cccc(O)c2)nc2c1CN(Cc1ccccc1)CC2. The van der Waals surface area contributed by atoms with Crippen molar-refractivity contribution < 1.29 is 5.11 Å². The largest absolute Gasteiger partial charge is 0.508 e. The zero-order chi connectivity index (χ0) is 17.9. The molecule has 26 heavy (non-hydrogen) atoms. The van der Waals surface area contributed by atoms with Crippen LogP contribution >= 0.6 is 0 Å². The molecule has 4 rings (SSSR count). The van der Waals surface area contributed by atoms with Crippen molar-refractivity contribution in [1.82, 2.24) is 14.9 Å². The Kier molecular flexibility index (Phi) is 4.41. The molecule has 0 fully saturated rings. The maximum Gasteiger partial charge on any atom is 0.257 e. The predicted molar refractivity (Wildman–Crippen MR) is 101 cm³/mol. The van der Waals surface area contributed by atoms with E-state index < -0.39 is 0 Å². The fraction of sp³-hybridized carbons (Fsp3) is 0.200. The number of aromatic amines is 1. The number of hydrogen-bond donors (Lipinski definition) is 3. The smallest absolute Gasteiger partial charge is 0.257 e. The van der Waals surface area contributed by atoms with Gasteiger partial charge in [-0.15, -0.1) is 0 Å². The van der Waals surface area contributed by atoms with Crippen LogP contribution in [0.5, 0.6) is 5.75 Å². The third kappa shape index (κ3) is 3.60. The van der Waals surface area contributed by atoms with Crippen LogP contribution < -0.4 is 10.9 Å². The number of nitrogens with zero attached hydrogens (tertiary/aromatic N) is 2. The van der Waals surface area contributed by atoms with Crippen molar-refractivity contribution in [3.05, 3.63) is 81.8 Å². The Balaban J connectivity index is 1.52. The van der Waals surface area contributed by atoms with Crippen LogP contribution in [0.3, 0.4) is 0 Å². The number of fused-ring (bicyclic) bond motifs is 1. The molecule has 0 bridgehead atoms. The molecule has 132 valence electrons. The van der Waals surface area contributed by atoms with E-state index in [4.69, 9.17) is 0 Å². The summed E-state index contributed by atoms with van der Waals surface area (Å²) in [6, 6.07) is 17.0. The minimum Gasteiger partial charge on any atom is -0.508 e. The number of aromatic nitrogens is 2. The van der Waals surface area contributed by atoms with Gasteiger partial charge < -0.3 is 10.4 Å². The molecule has 2 aromatic carbocycles. The number of phenolic OH excluding ortho intramolecular Hbond substituents is 1. The molecule has 0 spiro atoms. The number of anilines is 2. The third-order valence-electron chi connectivity index (χ3n) is 4.51. The summed E-state index contributed by atoms with van der Waals surface area (Å²) in [5.41, 5.74) is 3.36. The average Bonchev–Trinajstić information content (AvgIpc) is 2.63. The number of rotatable bonds is 4. The van der Waals surface area contributed by atoms with Crippen molar-refractivity contribution in [1.29, 1.82) is 0 Å². The second kappa shape index (κ2) is 7.01. The number of aromatic hydroxyl groups is 1. The molecule has 6 nitrogen and oxygen atoms in total. The average molecular weight is 348 g/mol. The highest BCUT2D eigenvalue weighted by molar-refractivity contribution is 5.55. The van der Waals surface area contributed by atoms with Crippen LogP contribution in [0.1, 0.15) is 16.8 Å². The number of benzene rings is 2. The number of H-pyrrole nitrogens is 1. The number of hydrogen-bond acceptors (Lipinski definition) is 5. The minimum absolute atomic E-state index is 0.115. The molecule has 3 aromatic rings. The normalized spacial score (nSPS) is 14.0. The van der Waals surface area contributed by atoms with Gasteiger partial charge in [0.25, 0.3) is 5.56 Å². The molecule has 0 atom stereocenters. The second-order valence-electron chi connectivity index (χ2n) is 6.46. The highest BCUT2D eigenvalue weighted by Crippen LogP contribution is 2.20. The highest BCUT2D eigenvalue weighted by Gasteiger charge is 2.21. The summed E-state index contributed by atoms with van der Waals surface area (Å²) >= 11 is 0. The Bertz CT molecular complexity index is 969. The van der Waals surface area contributed by atoms with Gasteiger partial charge in [0.15, 0.2) is 0 Å². The summed E-state index contributed by atoms with van der Waals surface area (Å²) in [5, 5.41) is 12.6. The van der Waals surface area contributed by atoms with Gasteiger partial charge in [0.2, 0.25) is 5.95 Å². The first-order valence-electron chi connectivity index (χ1n) is 8.62. The van der Waals surface area contributed by atoms with Crippen LogP contribution in [-0.4, -0.2) is 26.5 Å². The molecule has 6 heteroatoms. The summed E-state index contributed by atoms with van der Waals surface area (Å²) in [5.74, 6) is 0.558. The van der Waals surface area contributed by atoms with E-state index in [0.29, 0.717) is 18.2 Å². The van der Waals surface area contributed by atoms with Gasteiger partial charge in [-0.3, -0.25) is 14.7 Å². The first-order valence-corrected chi connectivity index (χ1v) is 8.62. The Labute approximate surface area is 151 Å². The molecule has 0 amide bonds. The quantitative estimate of drug-likeness (QED) is 0.675. The van der Waals surface area contributed by atoms with Gasteiger partial charge in [-0.05, 0) is 17.7 Å². The second-order valence-corrected chi connectivity index (χ2v) is 6.46. The molecule has 0 unspecified atom stereocenters. The van der Waals surface area contributed by atoms with E-state index >= 15 is 0 Å². The third-order valence-corrected chi connectivity index (χ3v) is 4.51. The molecule has 1 aliphatic rings. The highest BCUT2D eigenvalue weighted by atomic mass is 16.3. The van der Waals surface area contributed by atoms with Crippen molar-refractivity contribution >= 4 is 11.6 Å². The van der Waals surface area contributed by atoms with E-state index in [2.05, 4.69) is 32.3 Å². The van der Waals surface area contributed by atoms with Crippen LogP contribution in [0.25, 0.3) is 0 Å². The van der Waals surface area contributed by atoms with Crippen molar-refractivity contribution in [2.75, 3.05) is 11.9 Å². The first kappa shape index (κ1) is 16.4. The van der Waals surface area contributed by atoms with Crippen molar-refractivity contribution in [2.24, 2.45) is 0 Å². The van der Waals surface area contributed by atoms with Gasteiger partial charge in [-0.2, -0.15) is 0 Å². The fourth-order valence-electron chi connectivity index (χ4n) is 3.24. The summed E-state index contributed by atoms with van der Waals surface area (Å²) in [7, 11) is 0. The lowest BCUT2D eigenvalue weighted by molar-refractivity contribution is 0.242. The van der Waals surface area contributed by atoms with Crippen molar-refractivity contribution in [3.8, 4) is 5.75 Å². The summed E-state index contributed by atoms with van der Waals surface area (Å²) in [6.45, 7) is 2.28. The molecule has 3 N–H and O–H groups in total. The maximum atomic E-state index is 12.5. The summed E-state index contributed by atoms with van der Waals surface area (Å²) < 4.78 is 0. The molecule has 1 aliphatic heterocycles. The Morgan fingerprint density at radius 3 is 2.81 bits per heavy atom. The fourth-order valence-corrected chi connectivity index (χ4v) is 3.24. The van der Waals surface area contributed by atoms with Gasteiger partial charge >= 0.3 is 0 Å². The lowest BCUT2D eigenvalue weighted by Crippen LogP contribution is -2.35. The molecular weight excluding hydrogens is 328 g/mol. The summed E-state index contributed by atoms with van der Waals surface area (Å²) in [4.78, 5) is 22.2. The molecule has 1 aromatic heterocycles. The van der Waals surface area contributed by atoms with Gasteiger partial charge in [-0.1, -0.05) is 36.4 Å². The van der Waals surface area contributed by atoms with E-state index in [1.807, 2.05) is 18.2 Å². The zero-order valence-electron chi connectivity index (χ0n) is 14.3. The van der Waals surface area contributed by atoms with Crippen LogP contribution in [0.4, 0.5) is 11.6 Å². The van der Waals surface area contributed by atoms with Gasteiger partial charge in [-0.25, -0.2) is 4.98 Å². The van der Waals surface area contributed by atoms with E-state index in [0.717, 1.165) is 30.8 Å². The first-order chi connectivity index (χ1) is 12.7. The van der Waals surface area contributed by atoms with Crippen LogP contribution in [0.15, 0.2) is 59.4 Å². The van der Waals surface area contributed by atoms with Crippen molar-refractivity contribution in [3.63, 3.8) is 0 Å². The van der Waals surface area contributed by atoms with E-state index in [-0.39, 0.29) is 11.3 Å². The van der Waals surface area contributed by atoms with Crippen molar-refractivity contribution in [2.45, 2.75) is 19.5 Å². The Morgan fingerprint density at radius 1 is 1.15 bits per heavy atom. The number of phenols is 1. The lowest BCUT2D eigenvalue weighted by atomic mass is 10.1. The summed E-state index contributed by atoms with van der Waals surface area (Å²) in [6.07, 6.45) is 0.737. The molecule has 0 saturated carbocycles. The standard InChI is InChI=1S/C20H20N4O2/c25-16-8-4-7-15(11-16)21-20-22-18-9-10-24(13-17(18)19(26)23-20)12-14-5-2-1-3-6-14/h1-8,11,25H,9-10,12-13H2,(H2,21,22,23,26). The molecule has 0 saturated heterocycles. The van der Waals surface area contributed by atoms with E-state index in [1.165, 1.54) is 5.56 Å². The maximum absolute atomic E-state index is 12.5. The zero-order valence-corrected chi connectivity index (χ0v) is 14.3. The van der Waals surface area contributed by atoms with E-state index in [1.54, 1.807) is 24.3 Å². The van der Waals surface area contributed by atoms with Crippen LogP contribution in [0.2, 0.25) is 0 Å². The number of nitrogens with one attached hydrogen (secondary N) is 2. The monoisotopic (exact) mass is 348 g/mol. The molecule has 0 radical (unpaired) electrons. The lowest BCUT2D eigenvalue weighted by Gasteiger charge is -2.27. The minimum atomic E-state index is -0.115. The molecular formula is C20H20N4O2. The van der Waals surface area contributed by atoms with E-state index in [9.17, 15) is 9.90 Å². The van der Waals surface area contributed by atoms with Gasteiger partial charge in [0.1, 0.15) is 5.75 Å². The Hall–Kier alpha value is -3.12. The Morgan fingerprint density at radius 2 is 2.00 bits per heavy atom. The molecule has 0 aliphatic carbocycles. The van der Waals surface area contributed by atoms with Gasteiger partial charge in [0.05, 0.1) is 11.3 Å². The van der Waals surface area contributed by atoms with Gasteiger partial charge in [0, 0.05) is 37.8 Å². The van der Waals surface area contributed by atoms with Crippen LogP contribution in [0, 0.1) is 0 Å². The van der Waals surface area contributed by atoms with Crippen LogP contribution in [-0.2, 0) is 19.5 Å². The molecule has 2 heterocycles. The predicted octanol–water partition coefficient (Wildman–Crippen LogP) is 2.78. The topological polar surface area (TPSA) is 81.2 Å².